The molecule has 36 heavy (non-hydrogen) atoms. The van der Waals surface area contributed by atoms with Gasteiger partial charge in [-0.15, -0.1) is 0 Å². The van der Waals surface area contributed by atoms with Crippen LogP contribution in [0.1, 0.15) is 34.3 Å². The number of piperidine rings is 1. The van der Waals surface area contributed by atoms with E-state index in [-0.39, 0.29) is 11.7 Å². The van der Waals surface area contributed by atoms with Gasteiger partial charge in [0.1, 0.15) is 0 Å². The highest BCUT2D eigenvalue weighted by atomic mass is 35.5. The Morgan fingerprint density at radius 2 is 1.50 bits per heavy atom. The first-order valence-corrected chi connectivity index (χ1v) is 13.9. The standard InChI is InChI=1S/C29H26ClNO4S/c30-26-10-4-3-9-25(26)29(33)16-18-31(19-17-29)28(32)23-14-12-21(13-15-23)20-36(34,35)27-11-5-7-22-6-1-2-8-24(22)27/h1-15,33H,16-20H2. The van der Waals surface area contributed by atoms with Crippen molar-refractivity contribution in [3.8, 4) is 0 Å². The third-order valence-corrected chi connectivity index (χ3v) is 8.96. The molecule has 1 amide bonds. The van der Waals surface area contributed by atoms with Gasteiger partial charge in [-0.1, -0.05) is 78.3 Å². The monoisotopic (exact) mass is 519 g/mol. The second-order valence-electron chi connectivity index (χ2n) is 9.24. The molecule has 5 rings (SSSR count). The fourth-order valence-electron chi connectivity index (χ4n) is 4.88. The Morgan fingerprint density at radius 3 is 2.22 bits per heavy atom. The predicted octanol–water partition coefficient (Wildman–Crippen LogP) is 5.59. The van der Waals surface area contributed by atoms with E-state index >= 15 is 0 Å². The molecule has 0 saturated carbocycles. The minimum absolute atomic E-state index is 0.139. The molecular weight excluding hydrogens is 494 g/mol. The van der Waals surface area contributed by atoms with Crippen molar-refractivity contribution in [1.29, 1.82) is 0 Å². The van der Waals surface area contributed by atoms with Crippen molar-refractivity contribution in [2.24, 2.45) is 0 Å². The molecule has 0 unspecified atom stereocenters. The summed E-state index contributed by atoms with van der Waals surface area (Å²) < 4.78 is 26.4. The summed E-state index contributed by atoms with van der Waals surface area (Å²) in [6.07, 6.45) is 0.785. The highest BCUT2D eigenvalue weighted by Crippen LogP contribution is 2.37. The van der Waals surface area contributed by atoms with Crippen molar-refractivity contribution < 1.29 is 18.3 Å². The maximum atomic E-state index is 13.2. The number of hydrogen-bond acceptors (Lipinski definition) is 4. The van der Waals surface area contributed by atoms with Gasteiger partial charge in [0.05, 0.1) is 16.2 Å². The molecular formula is C29H26ClNO4S. The number of likely N-dealkylation sites (tertiary alicyclic amines) is 1. The van der Waals surface area contributed by atoms with Crippen LogP contribution in [-0.4, -0.2) is 37.4 Å². The summed E-state index contributed by atoms with van der Waals surface area (Å²) in [4.78, 5) is 15.1. The molecule has 0 atom stereocenters. The second kappa shape index (κ2) is 9.69. The number of sulfone groups is 1. The van der Waals surface area contributed by atoms with Crippen LogP contribution in [0.2, 0.25) is 5.02 Å². The van der Waals surface area contributed by atoms with Crippen LogP contribution >= 0.6 is 11.6 Å². The molecule has 0 aromatic heterocycles. The average molecular weight is 520 g/mol. The maximum absolute atomic E-state index is 13.2. The summed E-state index contributed by atoms with van der Waals surface area (Å²) in [5.41, 5.74) is 0.737. The lowest BCUT2D eigenvalue weighted by Crippen LogP contribution is -2.45. The summed E-state index contributed by atoms with van der Waals surface area (Å²) in [7, 11) is -3.57. The first-order valence-electron chi connectivity index (χ1n) is 11.8. The van der Waals surface area contributed by atoms with E-state index in [9.17, 15) is 18.3 Å². The third-order valence-electron chi connectivity index (χ3n) is 6.90. The van der Waals surface area contributed by atoms with Gasteiger partial charge in [-0.2, -0.15) is 0 Å². The SMILES string of the molecule is O=C(c1ccc(CS(=O)(=O)c2cccc3ccccc23)cc1)N1CCC(O)(c2ccccc2Cl)CC1. The van der Waals surface area contributed by atoms with E-state index in [0.717, 1.165) is 5.39 Å². The molecule has 1 fully saturated rings. The van der Waals surface area contributed by atoms with Crippen LogP contribution in [0.25, 0.3) is 10.8 Å². The van der Waals surface area contributed by atoms with E-state index in [0.29, 0.717) is 57.9 Å². The molecule has 0 aliphatic carbocycles. The molecule has 0 bridgehead atoms. The zero-order valence-electron chi connectivity index (χ0n) is 19.6. The molecule has 1 heterocycles. The van der Waals surface area contributed by atoms with E-state index < -0.39 is 15.4 Å². The predicted molar refractivity (Wildman–Crippen MR) is 142 cm³/mol. The van der Waals surface area contributed by atoms with E-state index in [1.165, 1.54) is 0 Å². The van der Waals surface area contributed by atoms with E-state index in [2.05, 4.69) is 0 Å². The number of amides is 1. The Labute approximate surface area is 215 Å². The molecule has 1 saturated heterocycles. The quantitative estimate of drug-likeness (QED) is 0.373. The Hall–Kier alpha value is -3.19. The topological polar surface area (TPSA) is 74.7 Å². The van der Waals surface area contributed by atoms with Crippen LogP contribution in [0, 0.1) is 0 Å². The van der Waals surface area contributed by atoms with Crippen molar-refractivity contribution in [2.45, 2.75) is 29.1 Å². The number of carbonyl (C=O) groups is 1. The lowest BCUT2D eigenvalue weighted by atomic mass is 9.84. The number of aliphatic hydroxyl groups is 1. The Bertz CT molecular complexity index is 1520. The summed E-state index contributed by atoms with van der Waals surface area (Å²) >= 11 is 6.29. The largest absolute Gasteiger partial charge is 0.385 e. The van der Waals surface area contributed by atoms with Crippen LogP contribution < -0.4 is 0 Å². The van der Waals surface area contributed by atoms with Gasteiger partial charge in [-0.05, 0) is 48.1 Å². The molecule has 184 valence electrons. The number of fused-ring (bicyclic) bond motifs is 1. The first kappa shape index (κ1) is 24.5. The summed E-state index contributed by atoms with van der Waals surface area (Å²) in [6.45, 7) is 0.801. The summed E-state index contributed by atoms with van der Waals surface area (Å²) in [5, 5.41) is 13.2. The zero-order valence-corrected chi connectivity index (χ0v) is 21.2. The molecule has 0 spiro atoms. The van der Waals surface area contributed by atoms with Crippen molar-refractivity contribution in [3.63, 3.8) is 0 Å². The van der Waals surface area contributed by atoms with Crippen LogP contribution in [0.4, 0.5) is 0 Å². The molecule has 1 aliphatic rings. The summed E-state index contributed by atoms with van der Waals surface area (Å²) in [6, 6.07) is 26.7. The minimum atomic E-state index is -3.57. The number of benzene rings is 4. The lowest BCUT2D eigenvalue weighted by Gasteiger charge is -2.39. The smallest absolute Gasteiger partial charge is 0.253 e. The van der Waals surface area contributed by atoms with Gasteiger partial charge >= 0.3 is 0 Å². The van der Waals surface area contributed by atoms with Crippen LogP contribution in [0.15, 0.2) is 95.9 Å². The Balaban J connectivity index is 1.27. The molecule has 1 aliphatic heterocycles. The van der Waals surface area contributed by atoms with Crippen molar-refractivity contribution >= 4 is 38.1 Å². The molecule has 7 heteroatoms. The van der Waals surface area contributed by atoms with Gasteiger partial charge in [0, 0.05) is 34.6 Å². The van der Waals surface area contributed by atoms with E-state index in [4.69, 9.17) is 11.6 Å². The molecule has 4 aromatic carbocycles. The van der Waals surface area contributed by atoms with Gasteiger partial charge < -0.3 is 10.0 Å². The van der Waals surface area contributed by atoms with Gasteiger partial charge in [0.25, 0.3) is 5.91 Å². The van der Waals surface area contributed by atoms with E-state index in [1.54, 1.807) is 47.4 Å². The first-order chi connectivity index (χ1) is 17.3. The molecule has 4 aromatic rings. The third kappa shape index (κ3) is 4.76. The average Bonchev–Trinajstić information content (AvgIpc) is 2.89. The van der Waals surface area contributed by atoms with E-state index in [1.807, 2.05) is 48.5 Å². The number of halogens is 1. The van der Waals surface area contributed by atoms with Crippen LogP contribution in [0.5, 0.6) is 0 Å². The van der Waals surface area contributed by atoms with Crippen molar-refractivity contribution in [1.82, 2.24) is 4.90 Å². The Morgan fingerprint density at radius 1 is 0.861 bits per heavy atom. The highest BCUT2D eigenvalue weighted by Gasteiger charge is 2.36. The fraction of sp³-hybridized carbons (Fsp3) is 0.207. The number of nitrogens with zero attached hydrogens (tertiary/aromatic N) is 1. The van der Waals surface area contributed by atoms with Crippen LogP contribution in [-0.2, 0) is 21.2 Å². The molecule has 5 nitrogen and oxygen atoms in total. The Kier molecular flexibility index (Phi) is 6.60. The van der Waals surface area contributed by atoms with Gasteiger partial charge in [-0.3, -0.25) is 4.79 Å². The number of rotatable bonds is 5. The second-order valence-corrected chi connectivity index (χ2v) is 11.6. The highest BCUT2D eigenvalue weighted by molar-refractivity contribution is 7.90. The lowest BCUT2D eigenvalue weighted by molar-refractivity contribution is -0.0210. The zero-order chi connectivity index (χ0) is 25.3. The van der Waals surface area contributed by atoms with Crippen molar-refractivity contribution in [2.75, 3.05) is 13.1 Å². The summed E-state index contributed by atoms with van der Waals surface area (Å²) in [5.74, 6) is -0.288. The fourth-order valence-corrected chi connectivity index (χ4v) is 6.78. The molecule has 0 radical (unpaired) electrons. The van der Waals surface area contributed by atoms with Gasteiger partial charge in [-0.25, -0.2) is 8.42 Å². The van der Waals surface area contributed by atoms with Gasteiger partial charge in [0.2, 0.25) is 0 Å². The number of carbonyl (C=O) groups excluding carboxylic acids is 1. The maximum Gasteiger partial charge on any atom is 0.253 e. The normalized spacial score (nSPS) is 15.7. The minimum Gasteiger partial charge on any atom is -0.385 e. The van der Waals surface area contributed by atoms with Gasteiger partial charge in [0.15, 0.2) is 9.84 Å². The van der Waals surface area contributed by atoms with Crippen molar-refractivity contribution in [3.05, 3.63) is 113 Å². The number of hydrogen-bond donors (Lipinski definition) is 1. The molecule has 1 N–H and O–H groups in total. The van der Waals surface area contributed by atoms with Crippen LogP contribution in [0.3, 0.4) is 0 Å².